The molecule has 3 N–H and O–H groups in total. The molecule has 1 saturated heterocycles. The number of piperidine rings is 1. The van der Waals surface area contributed by atoms with Crippen LogP contribution in [0, 0.1) is 17.1 Å². The Balaban J connectivity index is 2.15. The predicted octanol–water partition coefficient (Wildman–Crippen LogP) is 3.89. The molecule has 20 heavy (non-hydrogen) atoms. The number of hydrogen-bond donors (Lipinski definition) is 2. The first-order chi connectivity index (χ1) is 9.54. The van der Waals surface area contributed by atoms with Crippen LogP contribution < -0.4 is 10.6 Å². The number of nitrogens with one attached hydrogen (secondary N) is 1. The van der Waals surface area contributed by atoms with Gasteiger partial charge in [-0.1, -0.05) is 19.8 Å². The monoisotopic (exact) mass is 341 g/mol. The lowest BCUT2D eigenvalue weighted by Gasteiger charge is -2.34. The van der Waals surface area contributed by atoms with Crippen LogP contribution in [0.4, 0.5) is 10.1 Å². The van der Waals surface area contributed by atoms with Crippen molar-refractivity contribution in [3.8, 4) is 0 Å². The van der Waals surface area contributed by atoms with Crippen LogP contribution in [-0.2, 0) is 0 Å². The molecule has 0 saturated carbocycles. The van der Waals surface area contributed by atoms with Gasteiger partial charge in [0.15, 0.2) is 5.82 Å². The van der Waals surface area contributed by atoms with Gasteiger partial charge in [0.1, 0.15) is 5.84 Å². The minimum atomic E-state index is -0.313. The summed E-state index contributed by atoms with van der Waals surface area (Å²) in [7, 11) is 0. The lowest BCUT2D eigenvalue weighted by atomic mass is 9.92. The molecule has 0 spiro atoms. The van der Waals surface area contributed by atoms with E-state index in [0.717, 1.165) is 31.8 Å². The Kier molecular flexibility index (Phi) is 5.02. The van der Waals surface area contributed by atoms with Crippen LogP contribution in [0.3, 0.4) is 0 Å². The van der Waals surface area contributed by atoms with E-state index in [2.05, 4.69) is 27.8 Å². The lowest BCUT2D eigenvalue weighted by molar-refractivity contribution is 0.376. The number of nitrogens with two attached hydrogens (primary N) is 1. The Morgan fingerprint density at radius 3 is 2.65 bits per heavy atom. The number of anilines is 1. The highest BCUT2D eigenvalue weighted by atomic mass is 79.9. The lowest BCUT2D eigenvalue weighted by Crippen LogP contribution is -2.34. The van der Waals surface area contributed by atoms with Gasteiger partial charge in [-0.2, -0.15) is 0 Å². The van der Waals surface area contributed by atoms with Crippen LogP contribution in [0.25, 0.3) is 0 Å². The normalized spacial score (nSPS) is 16.4. The number of halogens is 2. The van der Waals surface area contributed by atoms with Gasteiger partial charge in [0.2, 0.25) is 0 Å². The zero-order valence-electron chi connectivity index (χ0n) is 11.8. The average Bonchev–Trinajstić information content (AvgIpc) is 2.43. The number of hydrogen-bond acceptors (Lipinski definition) is 2. The first-order valence-corrected chi connectivity index (χ1v) is 7.91. The van der Waals surface area contributed by atoms with E-state index in [-0.39, 0.29) is 16.1 Å². The van der Waals surface area contributed by atoms with Crippen molar-refractivity contribution in [2.75, 3.05) is 18.0 Å². The summed E-state index contributed by atoms with van der Waals surface area (Å²) in [6, 6.07) is 3.44. The maximum absolute atomic E-state index is 14.4. The summed E-state index contributed by atoms with van der Waals surface area (Å²) in [6.45, 7) is 4.00. The smallest absolute Gasteiger partial charge is 0.161 e. The molecular formula is C15H21BrFN3. The molecule has 0 aromatic heterocycles. The van der Waals surface area contributed by atoms with Crippen LogP contribution in [0.2, 0.25) is 0 Å². The molecule has 1 aromatic rings. The Morgan fingerprint density at radius 2 is 2.10 bits per heavy atom. The molecule has 1 fully saturated rings. The number of amidine groups is 1. The summed E-state index contributed by atoms with van der Waals surface area (Å²) in [5.41, 5.74) is 6.45. The standard InChI is InChI=1S/C15H21BrFN3/c1-2-3-10-6-8-20(9-7-10)12-5-4-11(15(18)19)13(16)14(12)17/h4-5,10H,2-3,6-9H2,1H3,(H3,18,19). The van der Waals surface area contributed by atoms with Gasteiger partial charge < -0.3 is 10.6 Å². The Labute approximate surface area is 128 Å². The zero-order chi connectivity index (χ0) is 14.7. The second-order valence-corrected chi connectivity index (χ2v) is 6.19. The fourth-order valence-corrected chi connectivity index (χ4v) is 3.41. The van der Waals surface area contributed by atoms with Crippen LogP contribution in [0.15, 0.2) is 16.6 Å². The first kappa shape index (κ1) is 15.3. The van der Waals surface area contributed by atoms with E-state index >= 15 is 0 Å². The largest absolute Gasteiger partial charge is 0.384 e. The highest BCUT2D eigenvalue weighted by Gasteiger charge is 2.22. The molecule has 110 valence electrons. The van der Waals surface area contributed by atoms with Gasteiger partial charge in [-0.15, -0.1) is 0 Å². The molecular weight excluding hydrogens is 321 g/mol. The van der Waals surface area contributed by atoms with Crippen molar-refractivity contribution in [3.05, 3.63) is 28.0 Å². The molecule has 0 atom stereocenters. The van der Waals surface area contributed by atoms with Crippen molar-refractivity contribution in [1.29, 1.82) is 5.41 Å². The Morgan fingerprint density at radius 1 is 1.45 bits per heavy atom. The van der Waals surface area contributed by atoms with Crippen LogP contribution >= 0.6 is 15.9 Å². The third kappa shape index (κ3) is 3.14. The van der Waals surface area contributed by atoms with E-state index in [1.807, 2.05) is 0 Å². The van der Waals surface area contributed by atoms with E-state index in [0.29, 0.717) is 11.3 Å². The molecule has 5 heteroatoms. The van der Waals surface area contributed by atoms with Crippen molar-refractivity contribution in [1.82, 2.24) is 0 Å². The molecule has 0 amide bonds. The summed E-state index contributed by atoms with van der Waals surface area (Å²) in [5, 5.41) is 7.43. The third-order valence-corrected chi connectivity index (χ3v) is 4.78. The summed E-state index contributed by atoms with van der Waals surface area (Å²) >= 11 is 3.21. The average molecular weight is 342 g/mol. The van der Waals surface area contributed by atoms with Crippen LogP contribution in [0.5, 0.6) is 0 Å². The Bertz CT molecular complexity index is 496. The maximum atomic E-state index is 14.4. The van der Waals surface area contributed by atoms with E-state index in [9.17, 15) is 4.39 Å². The molecule has 0 bridgehead atoms. The summed E-state index contributed by atoms with van der Waals surface area (Å²) < 4.78 is 14.7. The summed E-state index contributed by atoms with van der Waals surface area (Å²) in [4.78, 5) is 2.09. The fourth-order valence-electron chi connectivity index (χ4n) is 2.86. The molecule has 2 rings (SSSR count). The van der Waals surface area contributed by atoms with Crippen molar-refractivity contribution in [2.24, 2.45) is 11.7 Å². The minimum absolute atomic E-state index is 0.121. The third-order valence-electron chi connectivity index (χ3n) is 4.00. The number of nitrogens with zero attached hydrogens (tertiary/aromatic N) is 1. The number of rotatable bonds is 4. The molecule has 1 aliphatic heterocycles. The highest BCUT2D eigenvalue weighted by molar-refractivity contribution is 9.10. The molecule has 0 radical (unpaired) electrons. The quantitative estimate of drug-likeness (QED) is 0.644. The van der Waals surface area contributed by atoms with Crippen molar-refractivity contribution in [2.45, 2.75) is 32.6 Å². The van der Waals surface area contributed by atoms with Crippen molar-refractivity contribution >= 4 is 27.5 Å². The molecule has 1 aromatic carbocycles. The predicted molar refractivity (Wildman–Crippen MR) is 85.0 cm³/mol. The number of benzene rings is 1. The SMILES string of the molecule is CCCC1CCN(c2ccc(C(=N)N)c(Br)c2F)CC1. The van der Waals surface area contributed by atoms with Crippen LogP contribution in [0.1, 0.15) is 38.2 Å². The van der Waals surface area contributed by atoms with E-state index in [1.54, 1.807) is 12.1 Å². The van der Waals surface area contributed by atoms with E-state index in [4.69, 9.17) is 11.1 Å². The van der Waals surface area contributed by atoms with E-state index in [1.165, 1.54) is 12.8 Å². The van der Waals surface area contributed by atoms with Crippen molar-refractivity contribution < 1.29 is 4.39 Å². The number of nitrogen functional groups attached to an aromatic ring is 1. The van der Waals surface area contributed by atoms with Gasteiger partial charge in [0.25, 0.3) is 0 Å². The summed E-state index contributed by atoms with van der Waals surface area (Å²) in [6.07, 6.45) is 4.74. The topological polar surface area (TPSA) is 53.1 Å². The first-order valence-electron chi connectivity index (χ1n) is 7.12. The van der Waals surface area contributed by atoms with E-state index < -0.39 is 0 Å². The van der Waals surface area contributed by atoms with Gasteiger partial charge >= 0.3 is 0 Å². The minimum Gasteiger partial charge on any atom is -0.384 e. The molecule has 0 unspecified atom stereocenters. The van der Waals surface area contributed by atoms with Gasteiger partial charge in [-0.25, -0.2) is 4.39 Å². The summed E-state index contributed by atoms with van der Waals surface area (Å²) in [5.74, 6) is 0.342. The van der Waals surface area contributed by atoms with Gasteiger partial charge in [-0.3, -0.25) is 5.41 Å². The Hall–Kier alpha value is -1.10. The zero-order valence-corrected chi connectivity index (χ0v) is 13.3. The second kappa shape index (κ2) is 6.57. The molecule has 1 heterocycles. The second-order valence-electron chi connectivity index (χ2n) is 5.39. The van der Waals surface area contributed by atoms with Crippen LogP contribution in [-0.4, -0.2) is 18.9 Å². The fraction of sp³-hybridized carbons (Fsp3) is 0.533. The van der Waals surface area contributed by atoms with Crippen molar-refractivity contribution in [3.63, 3.8) is 0 Å². The molecule has 3 nitrogen and oxygen atoms in total. The van der Waals surface area contributed by atoms with Gasteiger partial charge in [0, 0.05) is 18.7 Å². The molecule has 0 aliphatic carbocycles. The van der Waals surface area contributed by atoms with Gasteiger partial charge in [-0.05, 0) is 46.8 Å². The molecule has 1 aliphatic rings. The maximum Gasteiger partial charge on any atom is 0.161 e. The highest BCUT2D eigenvalue weighted by Crippen LogP contribution is 2.32. The van der Waals surface area contributed by atoms with Gasteiger partial charge in [0.05, 0.1) is 10.2 Å².